The summed E-state index contributed by atoms with van der Waals surface area (Å²) >= 11 is 0. The number of rotatable bonds is 10. The van der Waals surface area contributed by atoms with Crippen LogP contribution in [0.3, 0.4) is 0 Å². The van der Waals surface area contributed by atoms with Crippen LogP contribution in [-0.4, -0.2) is 35.2 Å². The molecule has 0 bridgehead atoms. The summed E-state index contributed by atoms with van der Waals surface area (Å²) in [6, 6.07) is 2.29. The van der Waals surface area contributed by atoms with Gasteiger partial charge in [-0.25, -0.2) is 9.98 Å². The van der Waals surface area contributed by atoms with E-state index in [0.717, 1.165) is 31.1 Å². The SMILES string of the molecule is CCC.CCCC.CCCC.CCCC(C)CCC.CCCCN1CC=C(c2cnc3c(c2)CC(C)=N3)CC1. The third kappa shape index (κ3) is 21.0. The molecular formula is C36H69N3. The zero-order valence-corrected chi connectivity index (χ0v) is 28.5. The fourth-order valence-electron chi connectivity index (χ4n) is 4.09. The van der Waals surface area contributed by atoms with Gasteiger partial charge in [0.25, 0.3) is 0 Å². The number of aromatic nitrogens is 1. The van der Waals surface area contributed by atoms with E-state index in [2.05, 4.69) is 103 Å². The Balaban J connectivity index is 0. The zero-order chi connectivity index (χ0) is 29.9. The summed E-state index contributed by atoms with van der Waals surface area (Å²) in [6.07, 6.45) is 21.1. The first-order valence-corrected chi connectivity index (χ1v) is 16.8. The van der Waals surface area contributed by atoms with Gasteiger partial charge in [-0.1, -0.05) is 140 Å². The van der Waals surface area contributed by atoms with Gasteiger partial charge in [0, 0.05) is 37.0 Å². The van der Waals surface area contributed by atoms with Crippen molar-refractivity contribution in [2.45, 2.75) is 160 Å². The second-order valence-corrected chi connectivity index (χ2v) is 11.3. The number of aliphatic imine (C=N–C) groups is 1. The summed E-state index contributed by atoms with van der Waals surface area (Å²) in [6.45, 7) is 27.7. The van der Waals surface area contributed by atoms with E-state index in [1.807, 2.05) is 6.20 Å². The van der Waals surface area contributed by atoms with Gasteiger partial charge in [-0.15, -0.1) is 0 Å². The van der Waals surface area contributed by atoms with Crippen molar-refractivity contribution in [3.05, 3.63) is 29.5 Å². The van der Waals surface area contributed by atoms with Gasteiger partial charge in [0.1, 0.15) is 0 Å². The Morgan fingerprint density at radius 3 is 1.82 bits per heavy atom. The molecule has 0 radical (unpaired) electrons. The maximum Gasteiger partial charge on any atom is 0.155 e. The highest BCUT2D eigenvalue weighted by Gasteiger charge is 2.17. The van der Waals surface area contributed by atoms with Gasteiger partial charge in [0.15, 0.2) is 5.82 Å². The molecule has 3 heteroatoms. The highest BCUT2D eigenvalue weighted by atomic mass is 15.1. The molecule has 0 spiro atoms. The standard InChI is InChI=1S/C17H23N3.C8H18.2C4H10.C3H8/c1-3-4-7-20-8-5-14(6-9-20)16-11-15-10-13(2)19-17(15)18-12-16;1-4-6-8(3)7-5-2;2*1-3-4-2;1-3-2/h5,11-12H,3-4,6-10H2,1-2H3;8H,4-7H2,1-3H3;2*3-4H2,1-2H3;3H2,1-2H3. The highest BCUT2D eigenvalue weighted by Crippen LogP contribution is 2.29. The van der Waals surface area contributed by atoms with Gasteiger partial charge >= 0.3 is 0 Å². The van der Waals surface area contributed by atoms with E-state index < -0.39 is 0 Å². The summed E-state index contributed by atoms with van der Waals surface area (Å²) in [7, 11) is 0. The van der Waals surface area contributed by atoms with Crippen molar-refractivity contribution in [1.29, 1.82) is 0 Å². The second-order valence-electron chi connectivity index (χ2n) is 11.3. The fourth-order valence-corrected chi connectivity index (χ4v) is 4.09. The lowest BCUT2D eigenvalue weighted by atomic mass is 9.99. The van der Waals surface area contributed by atoms with Crippen LogP contribution >= 0.6 is 0 Å². The fraction of sp³-hybridized carbons (Fsp3) is 0.778. The molecule has 0 aliphatic carbocycles. The Hall–Kier alpha value is -1.48. The van der Waals surface area contributed by atoms with E-state index in [1.165, 1.54) is 106 Å². The molecule has 0 unspecified atom stereocenters. The highest BCUT2D eigenvalue weighted by molar-refractivity contribution is 5.91. The first kappa shape index (κ1) is 39.7. The quantitative estimate of drug-likeness (QED) is 0.293. The summed E-state index contributed by atoms with van der Waals surface area (Å²) in [4.78, 5) is 11.5. The molecule has 0 aromatic carbocycles. The van der Waals surface area contributed by atoms with Gasteiger partial charge in [-0.2, -0.15) is 0 Å². The number of pyridine rings is 1. The predicted octanol–water partition coefficient (Wildman–Crippen LogP) is 11.9. The van der Waals surface area contributed by atoms with Crippen LogP contribution in [0, 0.1) is 5.92 Å². The van der Waals surface area contributed by atoms with Crippen molar-refractivity contribution in [2.75, 3.05) is 19.6 Å². The molecule has 228 valence electrons. The summed E-state index contributed by atoms with van der Waals surface area (Å²) in [5.74, 6) is 1.89. The molecule has 39 heavy (non-hydrogen) atoms. The molecule has 0 N–H and O–H groups in total. The van der Waals surface area contributed by atoms with Crippen molar-refractivity contribution in [2.24, 2.45) is 10.9 Å². The van der Waals surface area contributed by atoms with Crippen molar-refractivity contribution in [3.8, 4) is 0 Å². The van der Waals surface area contributed by atoms with Crippen LogP contribution in [0.15, 0.2) is 23.3 Å². The molecule has 0 fully saturated rings. The number of fused-ring (bicyclic) bond motifs is 1. The average Bonchev–Trinajstić information content (AvgIpc) is 3.33. The third-order valence-corrected chi connectivity index (χ3v) is 6.74. The normalized spacial score (nSPS) is 13.7. The average molecular weight is 544 g/mol. The van der Waals surface area contributed by atoms with Gasteiger partial charge < -0.3 is 0 Å². The van der Waals surface area contributed by atoms with E-state index >= 15 is 0 Å². The Morgan fingerprint density at radius 1 is 0.821 bits per heavy atom. The molecule has 3 nitrogen and oxygen atoms in total. The van der Waals surface area contributed by atoms with Crippen LogP contribution in [0.2, 0.25) is 0 Å². The molecule has 2 aliphatic heterocycles. The minimum Gasteiger partial charge on any atom is -0.299 e. The monoisotopic (exact) mass is 544 g/mol. The molecule has 0 saturated heterocycles. The molecule has 0 amide bonds. The number of unbranched alkanes of at least 4 members (excludes halogenated alkanes) is 3. The van der Waals surface area contributed by atoms with Crippen molar-refractivity contribution >= 4 is 17.1 Å². The van der Waals surface area contributed by atoms with Crippen LogP contribution < -0.4 is 0 Å². The van der Waals surface area contributed by atoms with Crippen LogP contribution in [0.25, 0.3) is 5.57 Å². The lowest BCUT2D eigenvalue weighted by Crippen LogP contribution is -2.29. The maximum atomic E-state index is 4.51. The van der Waals surface area contributed by atoms with E-state index in [4.69, 9.17) is 0 Å². The molecule has 3 rings (SSSR count). The second kappa shape index (κ2) is 28.1. The molecular weight excluding hydrogens is 474 g/mol. The van der Waals surface area contributed by atoms with E-state index in [0.29, 0.717) is 0 Å². The maximum absolute atomic E-state index is 4.51. The smallest absolute Gasteiger partial charge is 0.155 e. The van der Waals surface area contributed by atoms with Gasteiger partial charge in [-0.3, -0.25) is 4.90 Å². The first-order valence-electron chi connectivity index (χ1n) is 16.8. The Labute approximate surface area is 246 Å². The van der Waals surface area contributed by atoms with Crippen molar-refractivity contribution in [1.82, 2.24) is 9.88 Å². The Bertz CT molecular complexity index is 721. The first-order chi connectivity index (χ1) is 18.8. The van der Waals surface area contributed by atoms with Gasteiger partial charge in [0.2, 0.25) is 0 Å². The number of hydrogen-bond acceptors (Lipinski definition) is 3. The molecule has 1 aromatic heterocycles. The van der Waals surface area contributed by atoms with Crippen LogP contribution in [0.1, 0.15) is 164 Å². The van der Waals surface area contributed by atoms with E-state index in [1.54, 1.807) is 0 Å². The van der Waals surface area contributed by atoms with Gasteiger partial charge in [0.05, 0.1) is 0 Å². The molecule has 2 aliphatic rings. The van der Waals surface area contributed by atoms with Crippen molar-refractivity contribution in [3.63, 3.8) is 0 Å². The molecule has 1 aromatic rings. The summed E-state index contributed by atoms with van der Waals surface area (Å²) in [5, 5.41) is 0. The molecule has 0 atom stereocenters. The van der Waals surface area contributed by atoms with Crippen LogP contribution in [0.4, 0.5) is 5.82 Å². The summed E-state index contributed by atoms with van der Waals surface area (Å²) < 4.78 is 0. The van der Waals surface area contributed by atoms with Crippen LogP contribution in [-0.2, 0) is 6.42 Å². The van der Waals surface area contributed by atoms with Gasteiger partial charge in [-0.05, 0) is 49.4 Å². The lowest BCUT2D eigenvalue weighted by Gasteiger charge is -2.26. The molecule has 0 saturated carbocycles. The molecule has 3 heterocycles. The van der Waals surface area contributed by atoms with Crippen molar-refractivity contribution < 1.29 is 0 Å². The van der Waals surface area contributed by atoms with E-state index in [9.17, 15) is 0 Å². The largest absolute Gasteiger partial charge is 0.299 e. The number of nitrogens with zero attached hydrogens (tertiary/aromatic N) is 3. The third-order valence-electron chi connectivity index (χ3n) is 6.74. The Kier molecular flexibility index (Phi) is 28.5. The predicted molar refractivity (Wildman–Crippen MR) is 181 cm³/mol. The minimum atomic E-state index is 0.923. The summed E-state index contributed by atoms with van der Waals surface area (Å²) in [5.41, 5.74) is 5.21. The van der Waals surface area contributed by atoms with Crippen LogP contribution in [0.5, 0.6) is 0 Å². The zero-order valence-electron chi connectivity index (χ0n) is 28.5. The number of hydrogen-bond donors (Lipinski definition) is 0. The minimum absolute atomic E-state index is 0.923. The van der Waals surface area contributed by atoms with E-state index in [-0.39, 0.29) is 0 Å². The lowest BCUT2D eigenvalue weighted by molar-refractivity contribution is 0.297. The topological polar surface area (TPSA) is 28.5 Å². The Morgan fingerprint density at radius 2 is 1.38 bits per heavy atom.